The average Bonchev–Trinajstić information content (AvgIpc) is 1.77. The van der Waals surface area contributed by atoms with Gasteiger partial charge in [0.1, 0.15) is 42.6 Å². The van der Waals surface area contributed by atoms with Crippen molar-refractivity contribution in [2.75, 3.05) is 49.7 Å². The van der Waals surface area contributed by atoms with Gasteiger partial charge < -0.3 is 40.2 Å². The molecule has 0 spiro atoms. The molecule has 0 amide bonds. The quantitative estimate of drug-likeness (QED) is 0.0701. The molecular weight excluding hydrogens is 1490 g/mol. The van der Waals surface area contributed by atoms with Crippen LogP contribution in [0.3, 0.4) is 0 Å². The fraction of sp³-hybridized carbons (Fsp3) is 0.0769. The summed E-state index contributed by atoms with van der Waals surface area (Å²) in [6.07, 6.45) is 6.04. The second-order valence-electron chi connectivity index (χ2n) is 27.2. The van der Waals surface area contributed by atoms with Gasteiger partial charge in [0.05, 0.1) is 108 Å². The van der Waals surface area contributed by atoms with Crippen LogP contribution in [0, 0.1) is 13.8 Å². The number of anilines is 8. The lowest BCUT2D eigenvalue weighted by molar-refractivity contribution is -0.137. The molecule has 0 atom stereocenters. The Morgan fingerprint density at radius 1 is 0.331 bits per heavy atom. The van der Waals surface area contributed by atoms with Gasteiger partial charge in [-0.25, -0.2) is 19.9 Å². The molecule has 27 heteroatoms. The number of benzene rings is 12. The molecule has 20 aromatic rings. The van der Waals surface area contributed by atoms with E-state index in [2.05, 4.69) is 110 Å². The molecule has 8 heterocycles. The summed E-state index contributed by atoms with van der Waals surface area (Å²) in [6.45, 7) is 4.03. The van der Waals surface area contributed by atoms with Gasteiger partial charge >= 0.3 is 6.18 Å². The largest absolute Gasteiger partial charge is 0.497 e. The zero-order chi connectivity index (χ0) is 80.8. The third-order valence-electron chi connectivity index (χ3n) is 19.9. The molecule has 0 aliphatic carbocycles. The molecule has 0 saturated carbocycles. The van der Waals surface area contributed by atoms with Gasteiger partial charge in [-0.2, -0.15) is 28.5 Å². The lowest BCUT2D eigenvalue weighted by Crippen LogP contribution is -2.05. The Kier molecular flexibility index (Phi) is 20.7. The highest BCUT2D eigenvalue weighted by Crippen LogP contribution is 2.38. The van der Waals surface area contributed by atoms with Crippen LogP contribution in [0.5, 0.6) is 23.1 Å². The van der Waals surface area contributed by atoms with Gasteiger partial charge in [-0.3, -0.25) is 18.3 Å². The molecule has 0 unspecified atom stereocenters. The fourth-order valence-corrected chi connectivity index (χ4v) is 14.1. The zero-order valence-corrected chi connectivity index (χ0v) is 64.2. The van der Waals surface area contributed by atoms with Gasteiger partial charge in [-0.05, 0) is 159 Å². The average molecular weight is 1570 g/mol. The van der Waals surface area contributed by atoms with Gasteiger partial charge in [-0.1, -0.05) is 121 Å². The number of fused-ring (bicyclic) bond motifs is 8. The smallest absolute Gasteiger partial charge is 0.416 e. The molecule has 0 radical (unpaired) electrons. The molecule has 0 bridgehead atoms. The van der Waals surface area contributed by atoms with Gasteiger partial charge in [0.15, 0.2) is 23.3 Å². The normalized spacial score (nSPS) is 11.3. The minimum absolute atomic E-state index is 0.396. The number of aryl methyl sites for hydroxylation is 2. The van der Waals surface area contributed by atoms with Crippen LogP contribution < -0.4 is 40.2 Å². The molecule has 580 valence electrons. The summed E-state index contributed by atoms with van der Waals surface area (Å²) in [6, 6.07) is 82.4. The van der Waals surface area contributed by atoms with E-state index >= 15 is 0 Å². The van der Waals surface area contributed by atoms with E-state index in [9.17, 15) is 13.2 Å². The summed E-state index contributed by atoms with van der Waals surface area (Å²) in [4.78, 5) is 18.1. The van der Waals surface area contributed by atoms with E-state index in [1.165, 1.54) is 12.4 Å². The van der Waals surface area contributed by atoms with Crippen molar-refractivity contribution >= 4 is 133 Å². The van der Waals surface area contributed by atoms with Crippen molar-refractivity contribution < 1.29 is 32.1 Å². The Morgan fingerprint density at radius 3 is 1.30 bits per heavy atom. The Hall–Kier alpha value is -15.9. The van der Waals surface area contributed by atoms with E-state index in [1.54, 1.807) is 51.5 Å². The number of alkyl halides is 3. The molecule has 0 aliphatic rings. The van der Waals surface area contributed by atoms with Crippen molar-refractivity contribution in [3.63, 3.8) is 0 Å². The van der Waals surface area contributed by atoms with Crippen molar-refractivity contribution in [1.29, 1.82) is 0 Å². The molecule has 12 aromatic carbocycles. The predicted molar refractivity (Wildman–Crippen MR) is 456 cm³/mol. The number of imidazole rings is 4. The maximum atomic E-state index is 13.1. The van der Waals surface area contributed by atoms with Crippen molar-refractivity contribution in [2.24, 2.45) is 0 Å². The highest BCUT2D eigenvalue weighted by atomic mass is 19.4. The Labute approximate surface area is 671 Å². The highest BCUT2D eigenvalue weighted by molar-refractivity contribution is 5.99. The van der Waals surface area contributed by atoms with Crippen LogP contribution in [-0.2, 0) is 6.18 Å². The number of hydrogen-bond donors (Lipinski definition) is 4. The summed E-state index contributed by atoms with van der Waals surface area (Å²) >= 11 is 0. The number of aromatic nitrogens is 16. The Morgan fingerprint density at radius 2 is 0.763 bits per heavy atom. The monoisotopic (exact) mass is 1560 g/mol. The van der Waals surface area contributed by atoms with Gasteiger partial charge in [0.2, 0.25) is 5.88 Å². The molecule has 4 N–H and O–H groups in total. The fourth-order valence-electron chi connectivity index (χ4n) is 14.1. The van der Waals surface area contributed by atoms with E-state index in [1.807, 2.05) is 255 Å². The molecule has 0 saturated heterocycles. The van der Waals surface area contributed by atoms with Gasteiger partial charge in [-0.15, -0.1) is 25.5 Å². The molecule has 8 aromatic heterocycles. The number of halogens is 3. The third-order valence-corrected chi connectivity index (χ3v) is 19.9. The second-order valence-corrected chi connectivity index (χ2v) is 27.2. The minimum Gasteiger partial charge on any atom is -0.497 e. The number of nitrogens with zero attached hydrogens (tertiary/aromatic N) is 16. The summed E-state index contributed by atoms with van der Waals surface area (Å²) in [5.41, 5.74) is 15.1. The lowest BCUT2D eigenvalue weighted by Gasteiger charge is -2.13. The first kappa shape index (κ1) is 74.8. The summed E-state index contributed by atoms with van der Waals surface area (Å²) < 4.78 is 68.6. The van der Waals surface area contributed by atoms with E-state index < -0.39 is 11.7 Å². The van der Waals surface area contributed by atoms with Crippen molar-refractivity contribution in [2.45, 2.75) is 20.0 Å². The molecule has 20 rings (SSSR count). The van der Waals surface area contributed by atoms with Crippen molar-refractivity contribution in [1.82, 2.24) is 79.0 Å². The number of rotatable bonds is 16. The molecule has 118 heavy (non-hydrogen) atoms. The predicted octanol–water partition coefficient (Wildman–Crippen LogP) is 20.5. The summed E-state index contributed by atoms with van der Waals surface area (Å²) in [7, 11) is 6.61. The van der Waals surface area contributed by atoms with Crippen LogP contribution in [0.15, 0.2) is 299 Å². The van der Waals surface area contributed by atoms with Crippen LogP contribution in [0.25, 0.3) is 110 Å². The zero-order valence-electron chi connectivity index (χ0n) is 64.2. The summed E-state index contributed by atoms with van der Waals surface area (Å²) in [5.74, 6) is 5.68. The van der Waals surface area contributed by atoms with Crippen molar-refractivity contribution in [3.05, 3.63) is 315 Å². The Balaban J connectivity index is 0.000000113. The maximum absolute atomic E-state index is 13.1. The van der Waals surface area contributed by atoms with Gasteiger partial charge in [0, 0.05) is 77.2 Å². The first-order valence-corrected chi connectivity index (χ1v) is 37.2. The minimum atomic E-state index is -4.40. The molecule has 24 nitrogen and oxygen atoms in total. The van der Waals surface area contributed by atoms with E-state index in [4.69, 9.17) is 18.9 Å². The first-order valence-electron chi connectivity index (χ1n) is 37.2. The van der Waals surface area contributed by atoms with E-state index in [-0.39, 0.29) is 0 Å². The molecule has 0 fully saturated rings. The van der Waals surface area contributed by atoms with Crippen LogP contribution in [0.2, 0.25) is 0 Å². The molecular formula is C91H71F3N20O4. The Bertz CT molecular complexity index is 7080. The number of ether oxygens (including phenoxy) is 4. The van der Waals surface area contributed by atoms with E-state index in [0.29, 0.717) is 34.2 Å². The van der Waals surface area contributed by atoms with Crippen LogP contribution >= 0.6 is 0 Å². The first-order chi connectivity index (χ1) is 57.7. The third kappa shape index (κ3) is 15.3. The SMILES string of the molecule is COc1ccc(-n2cnc3cc(Nc4nncc5ccccc45)ccc32)cc1.COc1cccc(C)c1-n1cnc2cc(Nc3nnc(OC)c4ccccc34)ccc21.COc1ccccc1-n1cnc2cc(Nc3nnc(C)c4ccccc34)ccc21.FC(F)(F)c1cccc(-n2cnc3cc(Nc4nncc5ccccc45)ccc32)c1. The van der Waals surface area contributed by atoms with Gasteiger partial charge in [0.25, 0.3) is 0 Å². The van der Waals surface area contributed by atoms with Crippen molar-refractivity contribution in [3.8, 4) is 45.9 Å². The number of para-hydroxylation sites is 3. The highest BCUT2D eigenvalue weighted by Gasteiger charge is 2.31. The standard InChI is InChI=1S/C24H21N5O2.C23H19N5O.C22H14F3N5.C22H17N5O/c1-15-7-6-10-21(30-2)22(15)29-14-25-19-13-16(11-12-20(19)29)26-23-17-8-4-5-9-18(17)24(31-3)28-27-23;1-15-17-7-3-4-8-18(17)23(27-26-15)25-16-11-12-20-19(13-16)24-14-28(20)21-9-5-6-10-22(21)29-2;23-22(24,25)15-5-3-6-17(10-15)30-13-26-19-11-16(8-9-20(19)30)28-21-18-7-2-1-4-14(18)12-27-29-21;1-28-18-9-7-17(8-10-18)27-14-23-20-12-16(6-11-21(20)27)25-22-19-5-3-2-4-15(19)13-24-26-22/h4-14H,1-3H3,(H,26,27);3-14H,1-2H3,(H,25,27);1-13H,(H,28,29);2-14H,1H3,(H,25,26). The number of methoxy groups -OCH3 is 4. The lowest BCUT2D eigenvalue weighted by atomic mass is 10.1. The number of hydrogen-bond acceptors (Lipinski definition) is 20. The number of nitrogens with one attached hydrogen (secondary N) is 4. The van der Waals surface area contributed by atoms with E-state index in [0.717, 1.165) is 168 Å². The topological polar surface area (TPSA) is 259 Å². The summed E-state index contributed by atoms with van der Waals surface area (Å²) in [5, 5.41) is 55.0. The maximum Gasteiger partial charge on any atom is 0.416 e. The van der Waals surface area contributed by atoms with Crippen LogP contribution in [-0.4, -0.2) is 107 Å². The second kappa shape index (κ2) is 32.6. The molecule has 0 aliphatic heterocycles. The van der Waals surface area contributed by atoms with Crippen LogP contribution in [0.1, 0.15) is 16.8 Å². The van der Waals surface area contributed by atoms with Crippen LogP contribution in [0.4, 0.5) is 59.2 Å².